The molecule has 0 radical (unpaired) electrons. The van der Waals surface area contributed by atoms with E-state index in [2.05, 4.69) is 4.98 Å². The Labute approximate surface area is 104 Å². The number of pyridine rings is 1. The number of carbonyl (C=O) groups is 1. The third kappa shape index (κ3) is 2.24. The van der Waals surface area contributed by atoms with Crippen molar-refractivity contribution in [2.45, 2.75) is 0 Å². The fourth-order valence-electron chi connectivity index (χ4n) is 1.64. The number of nitrogens with two attached hydrogens (primary N) is 1. The van der Waals surface area contributed by atoms with E-state index in [1.54, 1.807) is 24.4 Å². The second kappa shape index (κ2) is 4.75. The Hall–Kier alpha value is -2.56. The molecular weight excluding hydrogens is 232 g/mol. The Kier molecular flexibility index (Phi) is 3.14. The van der Waals surface area contributed by atoms with Gasteiger partial charge < -0.3 is 15.6 Å². The Bertz CT molecular complexity index is 597. The van der Waals surface area contributed by atoms with Gasteiger partial charge in [0.15, 0.2) is 0 Å². The van der Waals surface area contributed by atoms with Crippen LogP contribution < -0.4 is 10.5 Å². The maximum absolute atomic E-state index is 11.1. The van der Waals surface area contributed by atoms with Gasteiger partial charge in [-0.2, -0.15) is 0 Å². The van der Waals surface area contributed by atoms with Crippen LogP contribution in [0.15, 0.2) is 36.7 Å². The van der Waals surface area contributed by atoms with E-state index in [-0.39, 0.29) is 5.75 Å². The fourth-order valence-corrected chi connectivity index (χ4v) is 1.64. The lowest BCUT2D eigenvalue weighted by Gasteiger charge is -2.09. The van der Waals surface area contributed by atoms with Gasteiger partial charge in [-0.05, 0) is 24.3 Å². The predicted molar refractivity (Wildman–Crippen MR) is 66.4 cm³/mol. The first-order valence-electron chi connectivity index (χ1n) is 5.24. The van der Waals surface area contributed by atoms with Gasteiger partial charge in [-0.25, -0.2) is 0 Å². The van der Waals surface area contributed by atoms with Gasteiger partial charge in [0.2, 0.25) is 5.91 Å². The zero-order chi connectivity index (χ0) is 13.1. The summed E-state index contributed by atoms with van der Waals surface area (Å²) in [4.78, 5) is 15.1. The van der Waals surface area contributed by atoms with Crippen molar-refractivity contribution in [3.05, 3.63) is 42.2 Å². The number of nitrogens with zero attached hydrogens (tertiary/aromatic N) is 1. The lowest BCUT2D eigenvalue weighted by atomic mass is 10.0. The summed E-state index contributed by atoms with van der Waals surface area (Å²) in [7, 11) is 1.53. The quantitative estimate of drug-likeness (QED) is 0.858. The Balaban J connectivity index is 2.57. The highest BCUT2D eigenvalue weighted by atomic mass is 16.5. The minimum Gasteiger partial charge on any atom is -0.508 e. The number of phenols is 1. The van der Waals surface area contributed by atoms with E-state index in [9.17, 15) is 9.90 Å². The van der Waals surface area contributed by atoms with Gasteiger partial charge in [0.25, 0.3) is 0 Å². The summed E-state index contributed by atoms with van der Waals surface area (Å²) in [5.41, 5.74) is 6.80. The van der Waals surface area contributed by atoms with Gasteiger partial charge in [0.1, 0.15) is 11.5 Å². The molecule has 92 valence electrons. The highest BCUT2D eigenvalue weighted by Crippen LogP contribution is 2.32. The minimum absolute atomic E-state index is 0.107. The van der Waals surface area contributed by atoms with Gasteiger partial charge in [0.05, 0.1) is 12.7 Å². The molecule has 0 aliphatic rings. The summed E-state index contributed by atoms with van der Waals surface area (Å²) in [5.74, 6) is 0.134. The fraction of sp³-hybridized carbons (Fsp3) is 0.0769. The number of carbonyl (C=O) groups excluding carboxylic acids is 1. The molecule has 0 fully saturated rings. The number of hydrogen-bond acceptors (Lipinski definition) is 4. The number of benzene rings is 1. The summed E-state index contributed by atoms with van der Waals surface area (Å²) in [6.07, 6.45) is 2.96. The smallest absolute Gasteiger partial charge is 0.250 e. The van der Waals surface area contributed by atoms with E-state index in [4.69, 9.17) is 10.5 Å². The van der Waals surface area contributed by atoms with Crippen LogP contribution in [-0.2, 0) is 0 Å². The molecule has 0 atom stereocenters. The molecular formula is C13H12N2O3. The number of aromatic hydroxyl groups is 1. The van der Waals surface area contributed by atoms with E-state index in [0.29, 0.717) is 22.4 Å². The molecule has 1 amide bonds. The monoisotopic (exact) mass is 244 g/mol. The third-order valence-corrected chi connectivity index (χ3v) is 2.52. The first-order chi connectivity index (χ1) is 8.61. The maximum Gasteiger partial charge on any atom is 0.250 e. The molecule has 1 aromatic carbocycles. The van der Waals surface area contributed by atoms with Crippen molar-refractivity contribution < 1.29 is 14.6 Å². The van der Waals surface area contributed by atoms with Gasteiger partial charge in [-0.1, -0.05) is 0 Å². The zero-order valence-electron chi connectivity index (χ0n) is 9.75. The molecule has 5 heteroatoms. The van der Waals surface area contributed by atoms with Crippen LogP contribution in [0.2, 0.25) is 0 Å². The molecule has 0 saturated carbocycles. The number of phenolic OH excluding ortho intramolecular Hbond substituents is 1. The van der Waals surface area contributed by atoms with E-state index < -0.39 is 5.91 Å². The van der Waals surface area contributed by atoms with Crippen molar-refractivity contribution >= 4 is 5.91 Å². The van der Waals surface area contributed by atoms with Gasteiger partial charge in [-0.3, -0.25) is 9.78 Å². The van der Waals surface area contributed by atoms with Crippen LogP contribution in [0, 0.1) is 0 Å². The molecule has 0 bridgehead atoms. The van der Waals surface area contributed by atoms with Crippen molar-refractivity contribution in [2.24, 2.45) is 5.73 Å². The number of hydrogen-bond donors (Lipinski definition) is 2. The average Bonchev–Trinajstić information content (AvgIpc) is 2.39. The van der Waals surface area contributed by atoms with Crippen molar-refractivity contribution in [3.8, 4) is 22.6 Å². The molecule has 0 aliphatic heterocycles. The molecule has 0 spiro atoms. The number of rotatable bonds is 3. The van der Waals surface area contributed by atoms with Crippen molar-refractivity contribution in [1.82, 2.24) is 4.98 Å². The van der Waals surface area contributed by atoms with Crippen molar-refractivity contribution in [2.75, 3.05) is 7.11 Å². The molecule has 0 unspecified atom stereocenters. The topological polar surface area (TPSA) is 85.4 Å². The van der Waals surface area contributed by atoms with Crippen molar-refractivity contribution in [3.63, 3.8) is 0 Å². The molecule has 0 saturated heterocycles. The number of amides is 1. The van der Waals surface area contributed by atoms with E-state index in [1.165, 1.54) is 19.4 Å². The summed E-state index contributed by atoms with van der Waals surface area (Å²) >= 11 is 0. The first kappa shape index (κ1) is 11.9. The molecule has 3 N–H and O–H groups in total. The highest BCUT2D eigenvalue weighted by molar-refractivity contribution is 5.93. The summed E-state index contributed by atoms with van der Waals surface area (Å²) in [6, 6.07) is 6.31. The molecule has 2 rings (SSSR count). The van der Waals surface area contributed by atoms with Crippen LogP contribution in [0.4, 0.5) is 0 Å². The average molecular weight is 244 g/mol. The van der Waals surface area contributed by atoms with Gasteiger partial charge in [-0.15, -0.1) is 0 Å². The van der Waals surface area contributed by atoms with Gasteiger partial charge in [0, 0.05) is 23.5 Å². The summed E-state index contributed by atoms with van der Waals surface area (Å²) in [5, 5.41) is 9.51. The summed E-state index contributed by atoms with van der Waals surface area (Å²) in [6.45, 7) is 0. The standard InChI is InChI=1S/C13H12N2O3/c1-18-12-3-2-10(16)5-11(12)8-4-9(13(14)17)7-15-6-8/h2-7,16H,1H3,(H2,14,17). The minimum atomic E-state index is -0.552. The lowest BCUT2D eigenvalue weighted by molar-refractivity contribution is 0.1000. The number of ether oxygens (including phenoxy) is 1. The molecule has 5 nitrogen and oxygen atoms in total. The first-order valence-corrected chi connectivity index (χ1v) is 5.24. The molecule has 18 heavy (non-hydrogen) atoms. The second-order valence-electron chi connectivity index (χ2n) is 3.71. The van der Waals surface area contributed by atoms with Crippen molar-refractivity contribution in [1.29, 1.82) is 0 Å². The second-order valence-corrected chi connectivity index (χ2v) is 3.71. The zero-order valence-corrected chi connectivity index (χ0v) is 9.75. The highest BCUT2D eigenvalue weighted by Gasteiger charge is 2.09. The molecule has 1 aromatic heterocycles. The van der Waals surface area contributed by atoms with Gasteiger partial charge >= 0.3 is 0 Å². The normalized spacial score (nSPS) is 10.1. The van der Waals surface area contributed by atoms with Crippen LogP contribution in [0.5, 0.6) is 11.5 Å². The number of aromatic nitrogens is 1. The third-order valence-electron chi connectivity index (χ3n) is 2.52. The Morgan fingerprint density at radius 3 is 2.78 bits per heavy atom. The van der Waals surface area contributed by atoms with Crippen LogP contribution in [0.3, 0.4) is 0 Å². The van der Waals surface area contributed by atoms with E-state index in [0.717, 1.165) is 0 Å². The SMILES string of the molecule is COc1ccc(O)cc1-c1cncc(C(N)=O)c1. The lowest BCUT2D eigenvalue weighted by Crippen LogP contribution is -2.11. The maximum atomic E-state index is 11.1. The number of primary amides is 1. The van der Waals surface area contributed by atoms with Crippen LogP contribution in [-0.4, -0.2) is 23.1 Å². The van der Waals surface area contributed by atoms with Crippen LogP contribution in [0.1, 0.15) is 10.4 Å². The van der Waals surface area contributed by atoms with Crippen LogP contribution >= 0.6 is 0 Å². The molecule has 0 aliphatic carbocycles. The van der Waals surface area contributed by atoms with Crippen LogP contribution in [0.25, 0.3) is 11.1 Å². The molecule has 1 heterocycles. The predicted octanol–water partition coefficient (Wildman–Crippen LogP) is 1.56. The molecule has 2 aromatic rings. The Morgan fingerprint density at radius 2 is 2.11 bits per heavy atom. The number of methoxy groups -OCH3 is 1. The van der Waals surface area contributed by atoms with E-state index >= 15 is 0 Å². The van der Waals surface area contributed by atoms with E-state index in [1.807, 2.05) is 0 Å². The summed E-state index contributed by atoms with van der Waals surface area (Å²) < 4.78 is 5.20. The largest absolute Gasteiger partial charge is 0.508 e. The Morgan fingerprint density at radius 1 is 1.33 bits per heavy atom.